The van der Waals surface area contributed by atoms with Crippen LogP contribution in [0.5, 0.6) is 11.5 Å². The maximum absolute atomic E-state index is 12.1. The van der Waals surface area contributed by atoms with Crippen molar-refractivity contribution in [2.45, 2.75) is 29.6 Å². The molecular weight excluding hydrogens is 388 g/mol. The van der Waals surface area contributed by atoms with E-state index < -0.39 is 17.3 Å². The van der Waals surface area contributed by atoms with Gasteiger partial charge in [-0.1, -0.05) is 54.1 Å². The third-order valence-electron chi connectivity index (χ3n) is 6.34. The highest BCUT2D eigenvalue weighted by Crippen LogP contribution is 2.66. The zero-order chi connectivity index (χ0) is 20.2. The SMILES string of the molecule is COc1ccc2c(c1)OC1(c3ccc(Cl)cc3)C(c3ccccc3)CC(O)C21O. The molecule has 1 aliphatic heterocycles. The first-order valence-electron chi connectivity index (χ1n) is 9.59. The Morgan fingerprint density at radius 3 is 2.45 bits per heavy atom. The van der Waals surface area contributed by atoms with E-state index in [2.05, 4.69) is 0 Å². The molecule has 0 bridgehead atoms. The summed E-state index contributed by atoms with van der Waals surface area (Å²) in [6.45, 7) is 0. The van der Waals surface area contributed by atoms with Crippen LogP contribution >= 0.6 is 11.6 Å². The Bertz CT molecular complexity index is 1050. The molecule has 0 saturated heterocycles. The summed E-state index contributed by atoms with van der Waals surface area (Å²) < 4.78 is 11.9. The highest BCUT2D eigenvalue weighted by Gasteiger charge is 2.72. The van der Waals surface area contributed by atoms with E-state index in [9.17, 15) is 10.2 Å². The summed E-state index contributed by atoms with van der Waals surface area (Å²) in [5.74, 6) is 0.883. The molecule has 4 nitrogen and oxygen atoms in total. The average Bonchev–Trinajstić information content (AvgIpc) is 3.14. The summed E-state index contributed by atoms with van der Waals surface area (Å²) in [6, 6.07) is 22.5. The highest BCUT2D eigenvalue weighted by atomic mass is 35.5. The molecule has 2 N–H and O–H groups in total. The lowest BCUT2D eigenvalue weighted by atomic mass is 9.71. The second kappa shape index (κ2) is 6.49. The second-order valence-electron chi connectivity index (χ2n) is 7.69. The molecule has 0 radical (unpaired) electrons. The molecule has 4 atom stereocenters. The molecule has 4 unspecified atom stereocenters. The number of halogens is 1. The molecule has 1 heterocycles. The first-order chi connectivity index (χ1) is 14.0. The molecule has 3 aromatic rings. The minimum Gasteiger partial charge on any atom is -0.497 e. The Kier molecular flexibility index (Phi) is 4.14. The smallest absolute Gasteiger partial charge is 0.176 e. The Labute approximate surface area is 174 Å². The zero-order valence-corrected chi connectivity index (χ0v) is 16.6. The molecule has 0 aromatic heterocycles. The number of fused-ring (bicyclic) bond motifs is 3. The molecular formula is C24H21ClO4. The van der Waals surface area contributed by atoms with Crippen molar-refractivity contribution < 1.29 is 19.7 Å². The monoisotopic (exact) mass is 408 g/mol. The number of hydrogen-bond acceptors (Lipinski definition) is 4. The number of benzene rings is 3. The Morgan fingerprint density at radius 1 is 1.03 bits per heavy atom. The van der Waals surface area contributed by atoms with Crippen LogP contribution in [0, 0.1) is 0 Å². The van der Waals surface area contributed by atoms with Crippen LogP contribution in [0.15, 0.2) is 72.8 Å². The quantitative estimate of drug-likeness (QED) is 0.675. The predicted octanol–water partition coefficient (Wildman–Crippen LogP) is 4.37. The first kappa shape index (κ1) is 18.5. The number of hydrogen-bond donors (Lipinski definition) is 2. The standard InChI is InChI=1S/C24H21ClO4/c1-28-18-11-12-19-21(13-18)29-24(16-7-9-17(25)10-8-16)20(14-22(26)23(19,24)27)15-5-3-2-4-6-15/h2-13,20,22,26-27H,14H2,1H3. The van der Waals surface area contributed by atoms with Crippen LogP contribution in [-0.2, 0) is 11.2 Å². The van der Waals surface area contributed by atoms with Crippen molar-refractivity contribution in [1.29, 1.82) is 0 Å². The van der Waals surface area contributed by atoms with E-state index >= 15 is 0 Å². The van der Waals surface area contributed by atoms with Gasteiger partial charge in [-0.25, -0.2) is 0 Å². The molecule has 3 aromatic carbocycles. The zero-order valence-electron chi connectivity index (χ0n) is 15.9. The maximum atomic E-state index is 12.1. The molecule has 1 fully saturated rings. The van der Waals surface area contributed by atoms with Gasteiger partial charge >= 0.3 is 0 Å². The molecule has 1 saturated carbocycles. The second-order valence-corrected chi connectivity index (χ2v) is 8.12. The van der Waals surface area contributed by atoms with E-state index in [4.69, 9.17) is 21.1 Å². The van der Waals surface area contributed by atoms with E-state index in [-0.39, 0.29) is 5.92 Å². The van der Waals surface area contributed by atoms with Crippen LogP contribution < -0.4 is 9.47 Å². The van der Waals surface area contributed by atoms with Gasteiger partial charge < -0.3 is 19.7 Å². The fourth-order valence-corrected chi connectivity index (χ4v) is 5.16. The Hall–Kier alpha value is -2.53. The maximum Gasteiger partial charge on any atom is 0.176 e. The molecule has 2 aliphatic rings. The Morgan fingerprint density at radius 2 is 1.76 bits per heavy atom. The van der Waals surface area contributed by atoms with Crippen LogP contribution in [-0.4, -0.2) is 23.4 Å². The highest BCUT2D eigenvalue weighted by molar-refractivity contribution is 6.30. The summed E-state index contributed by atoms with van der Waals surface area (Å²) in [5.41, 5.74) is -0.461. The van der Waals surface area contributed by atoms with Crippen LogP contribution in [0.2, 0.25) is 5.02 Å². The lowest BCUT2D eigenvalue weighted by Crippen LogP contribution is -2.51. The fourth-order valence-electron chi connectivity index (χ4n) is 5.04. The number of aliphatic hydroxyl groups is 2. The van der Waals surface area contributed by atoms with Gasteiger partial charge in [0.1, 0.15) is 11.5 Å². The molecule has 29 heavy (non-hydrogen) atoms. The van der Waals surface area contributed by atoms with E-state index in [1.54, 1.807) is 37.4 Å². The largest absolute Gasteiger partial charge is 0.497 e. The summed E-state index contributed by atoms with van der Waals surface area (Å²) in [7, 11) is 1.59. The summed E-state index contributed by atoms with van der Waals surface area (Å²) in [4.78, 5) is 0. The van der Waals surface area contributed by atoms with Crippen LogP contribution in [0.25, 0.3) is 0 Å². The summed E-state index contributed by atoms with van der Waals surface area (Å²) >= 11 is 6.14. The van der Waals surface area contributed by atoms with Crippen LogP contribution in [0.3, 0.4) is 0 Å². The fraction of sp³-hybridized carbons (Fsp3) is 0.250. The van der Waals surface area contributed by atoms with Crippen molar-refractivity contribution in [2.24, 2.45) is 0 Å². The molecule has 1 aliphatic carbocycles. The van der Waals surface area contributed by atoms with Gasteiger partial charge in [0.15, 0.2) is 11.2 Å². The lowest BCUT2D eigenvalue weighted by Gasteiger charge is -2.40. The third-order valence-corrected chi connectivity index (χ3v) is 6.60. The minimum absolute atomic E-state index is 0.261. The van der Waals surface area contributed by atoms with E-state index in [1.165, 1.54) is 0 Å². The van der Waals surface area contributed by atoms with Gasteiger partial charge in [-0.3, -0.25) is 0 Å². The normalized spacial score (nSPS) is 29.8. The van der Waals surface area contributed by atoms with Gasteiger partial charge in [-0.2, -0.15) is 0 Å². The first-order valence-corrected chi connectivity index (χ1v) is 9.97. The number of aliphatic hydroxyl groups excluding tert-OH is 1. The van der Waals surface area contributed by atoms with E-state index in [1.807, 2.05) is 42.5 Å². The molecule has 148 valence electrons. The van der Waals surface area contributed by atoms with Crippen LogP contribution in [0.4, 0.5) is 0 Å². The topological polar surface area (TPSA) is 58.9 Å². The average molecular weight is 409 g/mol. The minimum atomic E-state index is -1.61. The third kappa shape index (κ3) is 2.40. The molecule has 0 spiro atoms. The molecule has 5 rings (SSSR count). The van der Waals surface area contributed by atoms with Crippen LogP contribution in [0.1, 0.15) is 29.0 Å². The van der Waals surface area contributed by atoms with Gasteiger partial charge in [-0.15, -0.1) is 0 Å². The predicted molar refractivity (Wildman–Crippen MR) is 110 cm³/mol. The van der Waals surface area contributed by atoms with Gasteiger partial charge in [0.2, 0.25) is 0 Å². The number of ether oxygens (including phenoxy) is 2. The summed E-state index contributed by atoms with van der Waals surface area (Å²) in [5, 5.41) is 23.8. The van der Waals surface area contributed by atoms with E-state index in [0.717, 1.165) is 11.1 Å². The van der Waals surface area contributed by atoms with Crippen molar-refractivity contribution >= 4 is 11.6 Å². The van der Waals surface area contributed by atoms with E-state index in [0.29, 0.717) is 28.5 Å². The number of rotatable bonds is 3. The number of methoxy groups -OCH3 is 1. The molecule has 0 amide bonds. The van der Waals surface area contributed by atoms with Gasteiger partial charge in [0, 0.05) is 22.6 Å². The van der Waals surface area contributed by atoms with Crippen molar-refractivity contribution in [3.05, 3.63) is 94.5 Å². The summed E-state index contributed by atoms with van der Waals surface area (Å²) in [6.07, 6.45) is -0.632. The van der Waals surface area contributed by atoms with Crippen molar-refractivity contribution in [3.8, 4) is 11.5 Å². The molecule has 5 heteroatoms. The lowest BCUT2D eigenvalue weighted by molar-refractivity contribution is -0.149. The Balaban J connectivity index is 1.79. The van der Waals surface area contributed by atoms with Gasteiger partial charge in [-0.05, 0) is 41.8 Å². The van der Waals surface area contributed by atoms with Crippen molar-refractivity contribution in [2.75, 3.05) is 7.11 Å². The van der Waals surface area contributed by atoms with Crippen molar-refractivity contribution in [3.63, 3.8) is 0 Å². The van der Waals surface area contributed by atoms with Gasteiger partial charge in [0.05, 0.1) is 13.2 Å². The van der Waals surface area contributed by atoms with Crippen molar-refractivity contribution in [1.82, 2.24) is 0 Å². The van der Waals surface area contributed by atoms with Gasteiger partial charge in [0.25, 0.3) is 0 Å².